The van der Waals surface area contributed by atoms with Crippen molar-refractivity contribution in [2.24, 2.45) is 11.5 Å². The van der Waals surface area contributed by atoms with Gasteiger partial charge < -0.3 is 42.7 Å². The molecule has 0 aromatic heterocycles. The lowest BCUT2D eigenvalue weighted by Crippen LogP contribution is -2.59. The Morgan fingerprint density at radius 1 is 1.00 bits per heavy atom. The number of nitrogens with one attached hydrogen (secondary N) is 3. The quantitative estimate of drug-likeness (QED) is 0.136. The number of thiol groups is 1. The van der Waals surface area contributed by atoms with E-state index in [0.717, 1.165) is 6.92 Å². The molecule has 0 aliphatic heterocycles. The van der Waals surface area contributed by atoms with Gasteiger partial charge in [0.1, 0.15) is 12.1 Å². The highest BCUT2D eigenvalue weighted by molar-refractivity contribution is 7.80. The minimum atomic E-state index is -1.69. The number of aliphatic carboxylic acids is 1. The molecule has 0 aliphatic rings. The van der Waals surface area contributed by atoms with Gasteiger partial charge in [0, 0.05) is 5.75 Å². The first-order chi connectivity index (χ1) is 12.9. The number of rotatable bonds is 12. The smallest absolute Gasteiger partial charge is 0.328 e. The van der Waals surface area contributed by atoms with Crippen molar-refractivity contribution in [2.75, 3.05) is 12.4 Å². The standard InChI is InChI=1S/C14H25N5O8S/c1-5(21)10(14(26)27)19-13(25)8(3-20)18-12(24)7(2-9(16)22)17-11(23)6(15)4-28/h5-8,10,20-21,28H,2-4,15H2,1H3,(H2,16,22)(H,17,23)(H,18,24)(H,19,25)(H,26,27). The van der Waals surface area contributed by atoms with Gasteiger partial charge in [-0.2, -0.15) is 12.6 Å². The van der Waals surface area contributed by atoms with Crippen molar-refractivity contribution < 1.29 is 39.3 Å². The van der Waals surface area contributed by atoms with Crippen LogP contribution in [0.25, 0.3) is 0 Å². The molecule has 0 heterocycles. The molecule has 0 spiro atoms. The van der Waals surface area contributed by atoms with Gasteiger partial charge in [-0.25, -0.2) is 4.79 Å². The number of carbonyl (C=O) groups is 5. The molecule has 5 unspecified atom stereocenters. The molecule has 13 nitrogen and oxygen atoms in total. The van der Waals surface area contributed by atoms with Crippen LogP contribution in [-0.2, 0) is 24.0 Å². The van der Waals surface area contributed by atoms with Crippen LogP contribution in [0.15, 0.2) is 0 Å². The van der Waals surface area contributed by atoms with Gasteiger partial charge in [0.25, 0.3) is 0 Å². The zero-order valence-electron chi connectivity index (χ0n) is 15.0. The highest BCUT2D eigenvalue weighted by atomic mass is 32.1. The van der Waals surface area contributed by atoms with Crippen LogP contribution in [0.4, 0.5) is 0 Å². The topological polar surface area (TPSA) is 234 Å². The third-order valence-electron chi connectivity index (χ3n) is 3.43. The average molecular weight is 423 g/mol. The molecule has 28 heavy (non-hydrogen) atoms. The number of nitrogens with two attached hydrogens (primary N) is 2. The molecule has 0 saturated heterocycles. The van der Waals surface area contributed by atoms with Crippen molar-refractivity contribution in [3.05, 3.63) is 0 Å². The molecule has 0 radical (unpaired) electrons. The Labute approximate surface area is 165 Å². The second-order valence-corrected chi connectivity index (χ2v) is 6.19. The Morgan fingerprint density at radius 3 is 1.89 bits per heavy atom. The van der Waals surface area contributed by atoms with Crippen LogP contribution in [0, 0.1) is 0 Å². The van der Waals surface area contributed by atoms with Crippen LogP contribution in [0.3, 0.4) is 0 Å². The van der Waals surface area contributed by atoms with E-state index in [1.165, 1.54) is 0 Å². The third-order valence-corrected chi connectivity index (χ3v) is 3.83. The van der Waals surface area contributed by atoms with Crippen LogP contribution in [0.5, 0.6) is 0 Å². The molecule has 0 aliphatic carbocycles. The first-order valence-corrected chi connectivity index (χ1v) is 8.65. The number of primary amides is 1. The van der Waals surface area contributed by atoms with Gasteiger partial charge in [-0.1, -0.05) is 0 Å². The summed E-state index contributed by atoms with van der Waals surface area (Å²) in [6.45, 7) is 0.186. The van der Waals surface area contributed by atoms with Gasteiger partial charge in [-0.15, -0.1) is 0 Å². The monoisotopic (exact) mass is 423 g/mol. The molecule has 0 saturated carbocycles. The highest BCUT2D eigenvalue weighted by Crippen LogP contribution is 1.98. The van der Waals surface area contributed by atoms with E-state index in [1.807, 2.05) is 5.32 Å². The Balaban J connectivity index is 5.21. The van der Waals surface area contributed by atoms with Gasteiger partial charge in [0.05, 0.1) is 25.2 Å². The van der Waals surface area contributed by atoms with E-state index in [4.69, 9.17) is 16.6 Å². The van der Waals surface area contributed by atoms with Crippen molar-refractivity contribution >= 4 is 42.2 Å². The Kier molecular flexibility index (Phi) is 11.1. The van der Waals surface area contributed by atoms with E-state index in [0.29, 0.717) is 0 Å². The maximum absolute atomic E-state index is 12.3. The predicted octanol–water partition coefficient (Wildman–Crippen LogP) is -4.97. The lowest BCUT2D eigenvalue weighted by atomic mass is 10.1. The lowest BCUT2D eigenvalue weighted by molar-refractivity contribution is -0.145. The second kappa shape index (κ2) is 12.1. The summed E-state index contributed by atoms with van der Waals surface area (Å²) >= 11 is 3.83. The summed E-state index contributed by atoms with van der Waals surface area (Å²) in [6.07, 6.45) is -2.08. The maximum Gasteiger partial charge on any atom is 0.328 e. The number of carbonyl (C=O) groups excluding carboxylic acids is 4. The molecule has 160 valence electrons. The van der Waals surface area contributed by atoms with E-state index in [1.54, 1.807) is 0 Å². The predicted molar refractivity (Wildman–Crippen MR) is 97.8 cm³/mol. The Hall–Kier alpha value is -2.42. The molecule has 5 atom stereocenters. The van der Waals surface area contributed by atoms with E-state index >= 15 is 0 Å². The molecule has 14 heteroatoms. The number of hydrogen-bond donors (Lipinski definition) is 9. The molecule has 0 bridgehead atoms. The van der Waals surface area contributed by atoms with Crippen molar-refractivity contribution in [3.63, 3.8) is 0 Å². The zero-order chi connectivity index (χ0) is 22.0. The minimum Gasteiger partial charge on any atom is -0.480 e. The summed E-state index contributed by atoms with van der Waals surface area (Å²) in [5.74, 6) is -5.48. The first-order valence-electron chi connectivity index (χ1n) is 8.02. The number of amides is 4. The fourth-order valence-corrected chi connectivity index (χ4v) is 2.05. The van der Waals surface area contributed by atoms with Gasteiger partial charge in [0.15, 0.2) is 6.04 Å². The molecule has 0 aromatic rings. The van der Waals surface area contributed by atoms with Gasteiger partial charge >= 0.3 is 5.97 Å². The van der Waals surface area contributed by atoms with E-state index in [-0.39, 0.29) is 5.75 Å². The Bertz CT molecular complexity index is 602. The SMILES string of the molecule is CC(O)C(NC(=O)C(CO)NC(=O)C(CC(N)=O)NC(=O)C(N)CS)C(=O)O. The van der Waals surface area contributed by atoms with Crippen molar-refractivity contribution in [1.82, 2.24) is 16.0 Å². The summed E-state index contributed by atoms with van der Waals surface area (Å²) in [4.78, 5) is 58.4. The summed E-state index contributed by atoms with van der Waals surface area (Å²) in [7, 11) is 0. The number of aliphatic hydroxyl groups excluding tert-OH is 2. The molecule has 0 fully saturated rings. The minimum absolute atomic E-state index is 0.0473. The number of carboxylic acids is 1. The second-order valence-electron chi connectivity index (χ2n) is 5.83. The molecular weight excluding hydrogens is 398 g/mol. The van der Waals surface area contributed by atoms with Crippen LogP contribution < -0.4 is 27.4 Å². The molecule has 0 rings (SSSR count). The lowest BCUT2D eigenvalue weighted by Gasteiger charge is -2.24. The molecule has 0 aromatic carbocycles. The fourth-order valence-electron chi connectivity index (χ4n) is 1.88. The van der Waals surface area contributed by atoms with Crippen molar-refractivity contribution in [3.8, 4) is 0 Å². The van der Waals surface area contributed by atoms with Crippen LogP contribution in [-0.4, -0.2) is 87.5 Å². The van der Waals surface area contributed by atoms with Crippen LogP contribution in [0.1, 0.15) is 13.3 Å². The van der Waals surface area contributed by atoms with Crippen LogP contribution >= 0.6 is 12.6 Å². The van der Waals surface area contributed by atoms with Crippen molar-refractivity contribution in [1.29, 1.82) is 0 Å². The van der Waals surface area contributed by atoms with Crippen molar-refractivity contribution in [2.45, 2.75) is 43.6 Å². The molecular formula is C14H25N5O8S. The number of hydrogen-bond acceptors (Lipinski definition) is 9. The van der Waals surface area contributed by atoms with E-state index < -0.39 is 72.9 Å². The number of aliphatic hydroxyl groups is 2. The summed E-state index contributed by atoms with van der Waals surface area (Å²) in [6, 6.07) is -5.89. The Morgan fingerprint density at radius 2 is 1.50 bits per heavy atom. The highest BCUT2D eigenvalue weighted by Gasteiger charge is 2.32. The summed E-state index contributed by atoms with van der Waals surface area (Å²) in [5.41, 5.74) is 10.5. The fraction of sp³-hybridized carbons (Fsp3) is 0.643. The van der Waals surface area contributed by atoms with E-state index in [9.17, 15) is 34.2 Å². The molecule has 10 N–H and O–H groups in total. The van der Waals surface area contributed by atoms with Gasteiger partial charge in [-0.05, 0) is 6.92 Å². The third kappa shape index (κ3) is 8.51. The normalized spacial score (nSPS) is 16.0. The first kappa shape index (κ1) is 25.6. The summed E-state index contributed by atoms with van der Waals surface area (Å²) in [5, 5.41) is 33.8. The maximum atomic E-state index is 12.3. The average Bonchev–Trinajstić information content (AvgIpc) is 2.61. The summed E-state index contributed by atoms with van der Waals surface area (Å²) < 4.78 is 0. The van der Waals surface area contributed by atoms with Crippen LogP contribution in [0.2, 0.25) is 0 Å². The van der Waals surface area contributed by atoms with Gasteiger partial charge in [-0.3, -0.25) is 19.2 Å². The zero-order valence-corrected chi connectivity index (χ0v) is 15.9. The van der Waals surface area contributed by atoms with Gasteiger partial charge in [0.2, 0.25) is 23.6 Å². The van der Waals surface area contributed by atoms with E-state index in [2.05, 4.69) is 23.3 Å². The number of carboxylic acid groups (broad SMARTS) is 1. The molecule has 4 amide bonds. The largest absolute Gasteiger partial charge is 0.480 e.